The molecule has 0 bridgehead atoms. The summed E-state index contributed by atoms with van der Waals surface area (Å²) >= 11 is 0. The fraction of sp³-hybridized carbons (Fsp3) is 0.450. The molecular formula is C20H23N5O. The van der Waals surface area contributed by atoms with Gasteiger partial charge < -0.3 is 4.52 Å². The highest BCUT2D eigenvalue weighted by Gasteiger charge is 2.46. The Labute approximate surface area is 152 Å². The average molecular weight is 349 g/mol. The molecule has 0 amide bonds. The van der Waals surface area contributed by atoms with Crippen molar-refractivity contribution in [3.63, 3.8) is 0 Å². The van der Waals surface area contributed by atoms with E-state index in [1.807, 2.05) is 10.9 Å². The normalized spacial score (nSPS) is 25.7. The van der Waals surface area contributed by atoms with E-state index in [4.69, 9.17) is 9.51 Å². The third kappa shape index (κ3) is 2.56. The molecule has 0 spiro atoms. The molecule has 1 aromatic carbocycles. The summed E-state index contributed by atoms with van der Waals surface area (Å²) in [7, 11) is 0. The molecule has 6 nitrogen and oxygen atoms in total. The Morgan fingerprint density at radius 3 is 2.92 bits per heavy atom. The maximum absolute atomic E-state index is 5.58. The largest absolute Gasteiger partial charge is 0.334 e. The standard InChI is InChI=1S/C20H23N5O/c1-2-24-13-15(12-21-24)20-22-19(23-26-20)16-11-18(14-7-4-3-5-8-14)25-10-6-9-17(16)25/h3-5,7-8,12-13,16-18H,2,6,9-11H2,1H3/t16-,17+,18-/m0/s1. The Bertz CT molecular complexity index is 887. The van der Waals surface area contributed by atoms with Gasteiger partial charge in [-0.3, -0.25) is 9.58 Å². The number of aromatic nitrogens is 4. The highest BCUT2D eigenvalue weighted by Crippen LogP contribution is 2.48. The van der Waals surface area contributed by atoms with Crippen LogP contribution in [0.4, 0.5) is 0 Å². The Balaban J connectivity index is 1.43. The van der Waals surface area contributed by atoms with Gasteiger partial charge in [-0.05, 0) is 38.3 Å². The van der Waals surface area contributed by atoms with Crippen LogP contribution in [0.5, 0.6) is 0 Å². The molecule has 4 heterocycles. The van der Waals surface area contributed by atoms with Crippen molar-refractivity contribution >= 4 is 0 Å². The summed E-state index contributed by atoms with van der Waals surface area (Å²) in [6, 6.07) is 11.8. The van der Waals surface area contributed by atoms with Gasteiger partial charge in [0, 0.05) is 30.7 Å². The van der Waals surface area contributed by atoms with E-state index < -0.39 is 0 Å². The minimum Gasteiger partial charge on any atom is -0.334 e. The van der Waals surface area contributed by atoms with Gasteiger partial charge in [0.1, 0.15) is 0 Å². The predicted octanol–water partition coefficient (Wildman–Crippen LogP) is 3.65. The van der Waals surface area contributed by atoms with Crippen LogP contribution < -0.4 is 0 Å². The van der Waals surface area contributed by atoms with E-state index in [1.165, 1.54) is 18.4 Å². The van der Waals surface area contributed by atoms with E-state index in [0.717, 1.165) is 30.9 Å². The SMILES string of the molecule is CCn1cc(-c2nc([C@H]3C[C@@H](c4ccccc4)N4CCC[C@H]34)no2)cn1. The number of benzene rings is 1. The highest BCUT2D eigenvalue weighted by molar-refractivity contribution is 5.49. The van der Waals surface area contributed by atoms with Gasteiger partial charge in [-0.25, -0.2) is 0 Å². The molecule has 5 rings (SSSR count). The Hall–Kier alpha value is -2.47. The molecular weight excluding hydrogens is 326 g/mol. The van der Waals surface area contributed by atoms with Crippen LogP contribution in [0.15, 0.2) is 47.2 Å². The van der Waals surface area contributed by atoms with Crippen molar-refractivity contribution in [2.75, 3.05) is 6.54 Å². The first kappa shape index (κ1) is 15.8. The minimum absolute atomic E-state index is 0.335. The molecule has 3 aromatic rings. The van der Waals surface area contributed by atoms with Crippen molar-refractivity contribution in [3.05, 3.63) is 54.1 Å². The second-order valence-electron chi connectivity index (χ2n) is 7.26. The van der Waals surface area contributed by atoms with Gasteiger partial charge in [-0.1, -0.05) is 35.5 Å². The zero-order valence-electron chi connectivity index (χ0n) is 15.0. The van der Waals surface area contributed by atoms with Crippen molar-refractivity contribution in [1.29, 1.82) is 0 Å². The number of rotatable bonds is 4. The number of nitrogens with zero attached hydrogens (tertiary/aromatic N) is 5. The minimum atomic E-state index is 0.335. The number of aryl methyl sites for hydroxylation is 1. The van der Waals surface area contributed by atoms with Gasteiger partial charge in [0.05, 0.1) is 11.8 Å². The summed E-state index contributed by atoms with van der Waals surface area (Å²) < 4.78 is 7.45. The first-order valence-corrected chi connectivity index (χ1v) is 9.50. The van der Waals surface area contributed by atoms with Gasteiger partial charge >= 0.3 is 0 Å². The van der Waals surface area contributed by atoms with Crippen LogP contribution in [-0.2, 0) is 6.54 Å². The molecule has 2 aliphatic rings. The predicted molar refractivity (Wildman–Crippen MR) is 97.5 cm³/mol. The maximum Gasteiger partial charge on any atom is 0.261 e. The molecule has 0 N–H and O–H groups in total. The van der Waals surface area contributed by atoms with Crippen LogP contribution in [0.3, 0.4) is 0 Å². The van der Waals surface area contributed by atoms with Crippen LogP contribution in [0.25, 0.3) is 11.5 Å². The van der Waals surface area contributed by atoms with Crippen LogP contribution in [0.1, 0.15) is 49.5 Å². The first-order valence-electron chi connectivity index (χ1n) is 9.50. The molecule has 134 valence electrons. The number of hydrogen-bond acceptors (Lipinski definition) is 5. The second-order valence-corrected chi connectivity index (χ2v) is 7.26. The summed E-state index contributed by atoms with van der Waals surface area (Å²) in [5.41, 5.74) is 2.29. The van der Waals surface area contributed by atoms with Gasteiger partial charge in [-0.2, -0.15) is 10.1 Å². The third-order valence-corrected chi connectivity index (χ3v) is 5.85. The lowest BCUT2D eigenvalue weighted by Gasteiger charge is -2.24. The van der Waals surface area contributed by atoms with E-state index in [0.29, 0.717) is 23.9 Å². The molecule has 0 unspecified atom stereocenters. The summed E-state index contributed by atoms with van der Waals surface area (Å²) in [6.45, 7) is 4.06. The van der Waals surface area contributed by atoms with Crippen molar-refractivity contribution in [2.45, 2.75) is 50.7 Å². The Kier molecular flexibility index (Phi) is 3.85. The van der Waals surface area contributed by atoms with Crippen molar-refractivity contribution < 1.29 is 4.52 Å². The van der Waals surface area contributed by atoms with E-state index in [1.54, 1.807) is 6.20 Å². The lowest BCUT2D eigenvalue weighted by Crippen LogP contribution is -2.27. The molecule has 2 aromatic heterocycles. The lowest BCUT2D eigenvalue weighted by atomic mass is 9.94. The highest BCUT2D eigenvalue weighted by atomic mass is 16.5. The summed E-state index contributed by atoms with van der Waals surface area (Å²) in [6.07, 6.45) is 7.27. The second kappa shape index (κ2) is 6.36. The van der Waals surface area contributed by atoms with Crippen LogP contribution in [0.2, 0.25) is 0 Å². The molecule has 0 radical (unpaired) electrons. The third-order valence-electron chi connectivity index (χ3n) is 5.85. The van der Waals surface area contributed by atoms with Crippen LogP contribution in [0, 0.1) is 0 Å². The molecule has 3 atom stereocenters. The van der Waals surface area contributed by atoms with Crippen LogP contribution >= 0.6 is 0 Å². The maximum atomic E-state index is 5.58. The molecule has 26 heavy (non-hydrogen) atoms. The summed E-state index contributed by atoms with van der Waals surface area (Å²) in [5.74, 6) is 1.76. The fourth-order valence-corrected chi connectivity index (χ4v) is 4.60. The van der Waals surface area contributed by atoms with E-state index in [9.17, 15) is 0 Å². The lowest BCUT2D eigenvalue weighted by molar-refractivity contribution is 0.243. The van der Waals surface area contributed by atoms with E-state index >= 15 is 0 Å². The monoisotopic (exact) mass is 349 g/mol. The zero-order chi connectivity index (χ0) is 17.5. The fourth-order valence-electron chi connectivity index (χ4n) is 4.60. The van der Waals surface area contributed by atoms with E-state index in [-0.39, 0.29) is 0 Å². The van der Waals surface area contributed by atoms with Gasteiger partial charge in [0.15, 0.2) is 5.82 Å². The van der Waals surface area contributed by atoms with Crippen LogP contribution in [-0.4, -0.2) is 37.4 Å². The Morgan fingerprint density at radius 1 is 1.23 bits per heavy atom. The molecule has 0 saturated carbocycles. The van der Waals surface area contributed by atoms with Gasteiger partial charge in [0.2, 0.25) is 0 Å². The van der Waals surface area contributed by atoms with Crippen molar-refractivity contribution in [3.8, 4) is 11.5 Å². The Morgan fingerprint density at radius 2 is 2.12 bits per heavy atom. The van der Waals surface area contributed by atoms with Crippen molar-refractivity contribution in [2.24, 2.45) is 0 Å². The van der Waals surface area contributed by atoms with Gasteiger partial charge in [0.25, 0.3) is 5.89 Å². The molecule has 2 aliphatic heterocycles. The molecule has 2 saturated heterocycles. The summed E-state index contributed by atoms with van der Waals surface area (Å²) in [5, 5.41) is 8.65. The average Bonchev–Trinajstić information content (AvgIpc) is 3.44. The number of hydrogen-bond donors (Lipinski definition) is 0. The molecule has 6 heteroatoms. The quantitative estimate of drug-likeness (QED) is 0.719. The smallest absolute Gasteiger partial charge is 0.261 e. The van der Waals surface area contributed by atoms with E-state index in [2.05, 4.69) is 52.4 Å². The molecule has 0 aliphatic carbocycles. The van der Waals surface area contributed by atoms with Gasteiger partial charge in [-0.15, -0.1) is 0 Å². The number of fused-ring (bicyclic) bond motifs is 1. The van der Waals surface area contributed by atoms with Crippen molar-refractivity contribution in [1.82, 2.24) is 24.8 Å². The summed E-state index contributed by atoms with van der Waals surface area (Å²) in [4.78, 5) is 7.38. The topological polar surface area (TPSA) is 60.0 Å². The first-order chi connectivity index (χ1) is 12.8. The molecule has 2 fully saturated rings. The zero-order valence-corrected chi connectivity index (χ0v) is 15.0.